The standard InChI is InChI=1S/C23H30N2O2/c1-4-19-8-10-20(11-9-19)27-14-6-12-25-22-16-18(3)17(2)15-21(22)24-23(25)7-5-13-26/h8-11,15-16,26H,4-7,12-14H2,1-3H3. The molecule has 0 aliphatic carbocycles. The van der Waals surface area contributed by atoms with Crippen LogP contribution in [0.15, 0.2) is 36.4 Å². The number of aryl methyl sites for hydroxylation is 5. The average Bonchev–Trinajstić information content (AvgIpc) is 3.00. The van der Waals surface area contributed by atoms with Crippen molar-refractivity contribution in [1.29, 1.82) is 0 Å². The van der Waals surface area contributed by atoms with E-state index in [1.807, 2.05) is 12.1 Å². The molecule has 1 aromatic heterocycles. The lowest BCUT2D eigenvalue weighted by Gasteiger charge is -2.11. The maximum atomic E-state index is 9.20. The fraction of sp³-hybridized carbons (Fsp3) is 0.435. The molecule has 0 spiro atoms. The van der Waals surface area contributed by atoms with Gasteiger partial charge in [0.15, 0.2) is 0 Å². The first-order chi connectivity index (χ1) is 13.1. The van der Waals surface area contributed by atoms with Crippen molar-refractivity contribution in [2.24, 2.45) is 0 Å². The summed E-state index contributed by atoms with van der Waals surface area (Å²) in [7, 11) is 0. The van der Waals surface area contributed by atoms with E-state index in [1.54, 1.807) is 0 Å². The van der Waals surface area contributed by atoms with E-state index in [9.17, 15) is 5.11 Å². The molecule has 0 unspecified atom stereocenters. The molecule has 0 aliphatic heterocycles. The molecule has 144 valence electrons. The zero-order chi connectivity index (χ0) is 19.2. The molecule has 3 rings (SSSR count). The third kappa shape index (κ3) is 4.69. The van der Waals surface area contributed by atoms with Crippen LogP contribution in [-0.2, 0) is 19.4 Å². The molecule has 0 radical (unpaired) electrons. The van der Waals surface area contributed by atoms with Gasteiger partial charge >= 0.3 is 0 Å². The van der Waals surface area contributed by atoms with Crippen LogP contribution >= 0.6 is 0 Å². The highest BCUT2D eigenvalue weighted by Gasteiger charge is 2.12. The van der Waals surface area contributed by atoms with Gasteiger partial charge in [-0.2, -0.15) is 0 Å². The van der Waals surface area contributed by atoms with Gasteiger partial charge in [-0.05, 0) is 74.1 Å². The Kier molecular flexibility index (Phi) is 6.51. The van der Waals surface area contributed by atoms with E-state index in [4.69, 9.17) is 9.72 Å². The van der Waals surface area contributed by atoms with Crippen LogP contribution in [0.25, 0.3) is 11.0 Å². The van der Waals surface area contributed by atoms with Gasteiger partial charge in [0, 0.05) is 19.6 Å². The van der Waals surface area contributed by atoms with Crippen LogP contribution in [-0.4, -0.2) is 27.9 Å². The third-order valence-corrected chi connectivity index (χ3v) is 5.13. The van der Waals surface area contributed by atoms with Crippen molar-refractivity contribution in [1.82, 2.24) is 9.55 Å². The fourth-order valence-corrected chi connectivity index (χ4v) is 3.34. The first-order valence-electron chi connectivity index (χ1n) is 9.91. The number of aromatic nitrogens is 2. The predicted molar refractivity (Wildman–Crippen MR) is 111 cm³/mol. The van der Waals surface area contributed by atoms with Gasteiger partial charge in [0.2, 0.25) is 0 Å². The number of fused-ring (bicyclic) bond motifs is 1. The number of ether oxygens (including phenoxy) is 1. The Morgan fingerprint density at radius 1 is 1.04 bits per heavy atom. The van der Waals surface area contributed by atoms with E-state index >= 15 is 0 Å². The lowest BCUT2D eigenvalue weighted by Crippen LogP contribution is -2.08. The van der Waals surface area contributed by atoms with Gasteiger partial charge in [0.25, 0.3) is 0 Å². The number of hydrogen-bond donors (Lipinski definition) is 1. The van der Waals surface area contributed by atoms with Gasteiger partial charge in [-0.15, -0.1) is 0 Å². The normalized spacial score (nSPS) is 11.3. The summed E-state index contributed by atoms with van der Waals surface area (Å²) < 4.78 is 8.20. The quantitative estimate of drug-likeness (QED) is 0.563. The minimum atomic E-state index is 0.193. The molecule has 4 nitrogen and oxygen atoms in total. The second-order valence-electron chi connectivity index (χ2n) is 7.13. The van der Waals surface area contributed by atoms with Crippen LogP contribution in [0.5, 0.6) is 5.75 Å². The summed E-state index contributed by atoms with van der Waals surface area (Å²) in [5.41, 5.74) is 6.09. The summed E-state index contributed by atoms with van der Waals surface area (Å²) in [6.07, 6.45) is 3.49. The topological polar surface area (TPSA) is 47.3 Å². The summed E-state index contributed by atoms with van der Waals surface area (Å²) in [4.78, 5) is 4.82. The van der Waals surface area contributed by atoms with Crippen molar-refractivity contribution >= 4 is 11.0 Å². The van der Waals surface area contributed by atoms with E-state index in [1.165, 1.54) is 22.2 Å². The molecule has 0 aliphatic rings. The number of benzene rings is 2. The van der Waals surface area contributed by atoms with E-state index in [0.717, 1.165) is 49.3 Å². The molecule has 2 aromatic carbocycles. The first kappa shape index (κ1) is 19.4. The third-order valence-electron chi connectivity index (χ3n) is 5.13. The highest BCUT2D eigenvalue weighted by molar-refractivity contribution is 5.78. The number of nitrogens with zero attached hydrogens (tertiary/aromatic N) is 2. The minimum absolute atomic E-state index is 0.193. The molecule has 0 amide bonds. The van der Waals surface area contributed by atoms with Crippen molar-refractivity contribution < 1.29 is 9.84 Å². The lowest BCUT2D eigenvalue weighted by atomic mass is 10.1. The zero-order valence-corrected chi connectivity index (χ0v) is 16.7. The van der Waals surface area contributed by atoms with Crippen molar-refractivity contribution in [3.05, 3.63) is 58.9 Å². The molecule has 1 heterocycles. The lowest BCUT2D eigenvalue weighted by molar-refractivity contribution is 0.285. The van der Waals surface area contributed by atoms with Crippen molar-refractivity contribution in [2.45, 2.75) is 53.0 Å². The van der Waals surface area contributed by atoms with Crippen LogP contribution in [0, 0.1) is 13.8 Å². The molecule has 0 saturated heterocycles. The van der Waals surface area contributed by atoms with Crippen LogP contribution in [0.3, 0.4) is 0 Å². The summed E-state index contributed by atoms with van der Waals surface area (Å²) in [5, 5.41) is 9.20. The second kappa shape index (κ2) is 9.05. The van der Waals surface area contributed by atoms with Crippen LogP contribution in [0.1, 0.15) is 42.3 Å². The highest BCUT2D eigenvalue weighted by Crippen LogP contribution is 2.22. The Morgan fingerprint density at radius 2 is 1.78 bits per heavy atom. The van der Waals surface area contributed by atoms with Crippen LogP contribution in [0.4, 0.5) is 0 Å². The summed E-state index contributed by atoms with van der Waals surface area (Å²) in [5.74, 6) is 1.98. The van der Waals surface area contributed by atoms with Crippen molar-refractivity contribution in [3.63, 3.8) is 0 Å². The molecule has 27 heavy (non-hydrogen) atoms. The summed E-state index contributed by atoms with van der Waals surface area (Å²) >= 11 is 0. The fourth-order valence-electron chi connectivity index (χ4n) is 3.34. The monoisotopic (exact) mass is 366 g/mol. The second-order valence-corrected chi connectivity index (χ2v) is 7.13. The Morgan fingerprint density at radius 3 is 2.48 bits per heavy atom. The van der Waals surface area contributed by atoms with E-state index < -0.39 is 0 Å². The Balaban J connectivity index is 1.69. The molecular formula is C23H30N2O2. The van der Waals surface area contributed by atoms with Crippen LogP contribution < -0.4 is 4.74 Å². The van der Waals surface area contributed by atoms with Gasteiger partial charge < -0.3 is 14.4 Å². The minimum Gasteiger partial charge on any atom is -0.494 e. The van der Waals surface area contributed by atoms with E-state index in [-0.39, 0.29) is 6.61 Å². The molecule has 0 saturated carbocycles. The van der Waals surface area contributed by atoms with E-state index in [0.29, 0.717) is 6.61 Å². The molecule has 0 fully saturated rings. The molecule has 4 heteroatoms. The molecule has 3 aromatic rings. The maximum absolute atomic E-state index is 9.20. The Hall–Kier alpha value is -2.33. The largest absolute Gasteiger partial charge is 0.494 e. The Labute approximate surface area is 161 Å². The average molecular weight is 367 g/mol. The number of aliphatic hydroxyl groups is 1. The van der Waals surface area contributed by atoms with E-state index in [2.05, 4.69) is 49.6 Å². The van der Waals surface area contributed by atoms with Crippen molar-refractivity contribution in [3.8, 4) is 5.75 Å². The molecule has 0 atom stereocenters. The van der Waals surface area contributed by atoms with Gasteiger partial charge in [0.1, 0.15) is 11.6 Å². The zero-order valence-electron chi connectivity index (χ0n) is 16.7. The van der Waals surface area contributed by atoms with Gasteiger partial charge in [0.05, 0.1) is 17.6 Å². The number of aliphatic hydroxyl groups excluding tert-OH is 1. The maximum Gasteiger partial charge on any atom is 0.119 e. The first-order valence-corrected chi connectivity index (χ1v) is 9.91. The number of hydrogen-bond acceptors (Lipinski definition) is 3. The number of imidazole rings is 1. The molecular weight excluding hydrogens is 336 g/mol. The predicted octanol–water partition coefficient (Wildman–Crippen LogP) is 4.61. The molecule has 1 N–H and O–H groups in total. The smallest absolute Gasteiger partial charge is 0.119 e. The van der Waals surface area contributed by atoms with Crippen molar-refractivity contribution in [2.75, 3.05) is 13.2 Å². The Bertz CT molecular complexity index is 882. The SMILES string of the molecule is CCc1ccc(OCCCn2c(CCCO)nc3cc(C)c(C)cc32)cc1. The van der Waals surface area contributed by atoms with Gasteiger partial charge in [-0.25, -0.2) is 4.98 Å². The summed E-state index contributed by atoms with van der Waals surface area (Å²) in [6.45, 7) is 8.16. The van der Waals surface area contributed by atoms with Gasteiger partial charge in [-0.3, -0.25) is 0 Å². The van der Waals surface area contributed by atoms with Gasteiger partial charge in [-0.1, -0.05) is 19.1 Å². The summed E-state index contributed by atoms with van der Waals surface area (Å²) in [6, 6.07) is 12.7. The highest BCUT2D eigenvalue weighted by atomic mass is 16.5. The number of rotatable bonds is 9. The molecule has 0 bridgehead atoms. The van der Waals surface area contributed by atoms with Crippen LogP contribution in [0.2, 0.25) is 0 Å².